The lowest BCUT2D eigenvalue weighted by atomic mass is 10.00. The van der Waals surface area contributed by atoms with Crippen LogP contribution in [0.4, 0.5) is 0 Å². The van der Waals surface area contributed by atoms with Gasteiger partial charge in [0.15, 0.2) is 5.96 Å². The van der Waals surface area contributed by atoms with E-state index in [4.69, 9.17) is 0 Å². The Morgan fingerprint density at radius 2 is 2.10 bits per heavy atom. The summed E-state index contributed by atoms with van der Waals surface area (Å²) in [5.74, 6) is 1.91. The summed E-state index contributed by atoms with van der Waals surface area (Å²) in [5.41, 5.74) is 1.18. The number of aromatic nitrogens is 1. The molecule has 4 nitrogen and oxygen atoms in total. The summed E-state index contributed by atoms with van der Waals surface area (Å²) >= 11 is 1.80. The van der Waals surface area contributed by atoms with Crippen molar-refractivity contribution in [1.82, 2.24) is 15.2 Å². The van der Waals surface area contributed by atoms with Crippen LogP contribution in [0.3, 0.4) is 0 Å². The van der Waals surface area contributed by atoms with E-state index in [1.165, 1.54) is 23.4 Å². The van der Waals surface area contributed by atoms with Gasteiger partial charge in [-0.2, -0.15) is 0 Å². The number of aryl methyl sites for hydroxylation is 2. The fourth-order valence-corrected chi connectivity index (χ4v) is 3.58. The molecule has 2 heterocycles. The van der Waals surface area contributed by atoms with Crippen LogP contribution in [-0.2, 0) is 6.42 Å². The SMILES string of the molecule is CN=C(NCCc1sc(C)nc1C)N1CCC(C)CC1. The smallest absolute Gasteiger partial charge is 0.193 e. The van der Waals surface area contributed by atoms with Gasteiger partial charge in [0.05, 0.1) is 10.7 Å². The fraction of sp³-hybridized carbons (Fsp3) is 0.733. The number of hydrogen-bond acceptors (Lipinski definition) is 3. The van der Waals surface area contributed by atoms with Gasteiger partial charge in [-0.1, -0.05) is 6.92 Å². The molecule has 2 rings (SSSR count). The Bertz CT molecular complexity index is 458. The first-order chi connectivity index (χ1) is 9.60. The van der Waals surface area contributed by atoms with Gasteiger partial charge in [0.2, 0.25) is 0 Å². The molecule has 1 saturated heterocycles. The second-order valence-electron chi connectivity index (χ2n) is 5.64. The van der Waals surface area contributed by atoms with Gasteiger partial charge in [0, 0.05) is 38.0 Å². The molecular weight excluding hydrogens is 268 g/mol. The minimum absolute atomic E-state index is 0.854. The molecule has 0 amide bonds. The molecular formula is C15H26N4S. The summed E-state index contributed by atoms with van der Waals surface area (Å²) in [4.78, 5) is 12.7. The van der Waals surface area contributed by atoms with Gasteiger partial charge >= 0.3 is 0 Å². The van der Waals surface area contributed by atoms with Crippen molar-refractivity contribution in [3.63, 3.8) is 0 Å². The van der Waals surface area contributed by atoms with Gasteiger partial charge in [-0.05, 0) is 32.6 Å². The highest BCUT2D eigenvalue weighted by Crippen LogP contribution is 2.18. The minimum Gasteiger partial charge on any atom is -0.356 e. The number of aliphatic imine (C=N–C) groups is 1. The zero-order chi connectivity index (χ0) is 14.5. The van der Waals surface area contributed by atoms with Crippen LogP contribution < -0.4 is 5.32 Å². The van der Waals surface area contributed by atoms with E-state index in [-0.39, 0.29) is 0 Å². The average Bonchev–Trinajstić information content (AvgIpc) is 2.74. The van der Waals surface area contributed by atoms with Gasteiger partial charge in [0.1, 0.15) is 0 Å². The Labute approximate surface area is 126 Å². The van der Waals surface area contributed by atoms with Crippen LogP contribution in [0.2, 0.25) is 0 Å². The molecule has 0 atom stereocenters. The summed E-state index contributed by atoms with van der Waals surface area (Å²) in [7, 11) is 1.88. The van der Waals surface area contributed by atoms with Crippen LogP contribution in [0.1, 0.15) is 35.3 Å². The van der Waals surface area contributed by atoms with Crippen molar-refractivity contribution in [3.8, 4) is 0 Å². The largest absolute Gasteiger partial charge is 0.356 e. The predicted octanol–water partition coefficient (Wildman–Crippen LogP) is 2.61. The number of guanidine groups is 1. The van der Waals surface area contributed by atoms with Crippen LogP contribution in [-0.4, -0.2) is 42.5 Å². The zero-order valence-corrected chi connectivity index (χ0v) is 13.9. The molecule has 1 aliphatic rings. The van der Waals surface area contributed by atoms with Crippen molar-refractivity contribution < 1.29 is 0 Å². The number of hydrogen-bond donors (Lipinski definition) is 1. The van der Waals surface area contributed by atoms with Crippen molar-refractivity contribution in [2.24, 2.45) is 10.9 Å². The molecule has 1 fully saturated rings. The number of thiazole rings is 1. The molecule has 1 N–H and O–H groups in total. The van der Waals surface area contributed by atoms with E-state index in [2.05, 4.69) is 41.0 Å². The number of nitrogens with one attached hydrogen (secondary N) is 1. The van der Waals surface area contributed by atoms with Crippen molar-refractivity contribution in [3.05, 3.63) is 15.6 Å². The van der Waals surface area contributed by atoms with E-state index in [0.29, 0.717) is 0 Å². The van der Waals surface area contributed by atoms with Crippen molar-refractivity contribution in [2.75, 3.05) is 26.7 Å². The Morgan fingerprint density at radius 3 is 2.65 bits per heavy atom. The van der Waals surface area contributed by atoms with Crippen molar-refractivity contribution >= 4 is 17.3 Å². The van der Waals surface area contributed by atoms with Crippen LogP contribution in [0, 0.1) is 19.8 Å². The second kappa shape index (κ2) is 7.07. The monoisotopic (exact) mass is 294 g/mol. The van der Waals surface area contributed by atoms with Gasteiger partial charge < -0.3 is 10.2 Å². The van der Waals surface area contributed by atoms with Gasteiger partial charge in [-0.15, -0.1) is 11.3 Å². The summed E-state index contributed by atoms with van der Waals surface area (Å²) < 4.78 is 0. The molecule has 112 valence electrons. The fourth-order valence-electron chi connectivity index (χ4n) is 2.65. The average molecular weight is 294 g/mol. The molecule has 1 aromatic heterocycles. The van der Waals surface area contributed by atoms with E-state index in [9.17, 15) is 0 Å². The van der Waals surface area contributed by atoms with E-state index in [1.807, 2.05) is 7.05 Å². The Hall–Kier alpha value is -1.10. The number of piperidine rings is 1. The van der Waals surface area contributed by atoms with E-state index in [0.717, 1.165) is 42.9 Å². The minimum atomic E-state index is 0.854. The lowest BCUT2D eigenvalue weighted by molar-refractivity contribution is 0.273. The highest BCUT2D eigenvalue weighted by Gasteiger charge is 2.18. The van der Waals surface area contributed by atoms with Gasteiger partial charge in [0.25, 0.3) is 0 Å². The summed E-state index contributed by atoms with van der Waals surface area (Å²) in [6.45, 7) is 9.69. The highest BCUT2D eigenvalue weighted by atomic mass is 32.1. The lowest BCUT2D eigenvalue weighted by Crippen LogP contribution is -2.45. The Morgan fingerprint density at radius 1 is 1.40 bits per heavy atom. The first-order valence-corrected chi connectivity index (χ1v) is 8.30. The third-order valence-corrected chi connectivity index (χ3v) is 5.06. The van der Waals surface area contributed by atoms with Crippen molar-refractivity contribution in [1.29, 1.82) is 0 Å². The number of nitrogens with zero attached hydrogens (tertiary/aromatic N) is 3. The maximum atomic E-state index is 4.48. The molecule has 0 spiro atoms. The number of rotatable bonds is 3. The summed E-state index contributed by atoms with van der Waals surface area (Å²) in [6.07, 6.45) is 3.57. The van der Waals surface area contributed by atoms with E-state index >= 15 is 0 Å². The highest BCUT2D eigenvalue weighted by molar-refractivity contribution is 7.11. The quantitative estimate of drug-likeness (QED) is 0.688. The van der Waals surface area contributed by atoms with Gasteiger partial charge in [-0.25, -0.2) is 4.98 Å². The third kappa shape index (κ3) is 3.95. The van der Waals surface area contributed by atoms with Gasteiger partial charge in [-0.3, -0.25) is 4.99 Å². The lowest BCUT2D eigenvalue weighted by Gasteiger charge is -2.32. The first-order valence-electron chi connectivity index (χ1n) is 7.48. The molecule has 5 heteroatoms. The molecule has 0 aliphatic carbocycles. The number of likely N-dealkylation sites (tertiary alicyclic amines) is 1. The zero-order valence-electron chi connectivity index (χ0n) is 13.1. The van der Waals surface area contributed by atoms with E-state index < -0.39 is 0 Å². The van der Waals surface area contributed by atoms with Crippen LogP contribution >= 0.6 is 11.3 Å². The maximum absolute atomic E-state index is 4.48. The standard InChI is InChI=1S/C15H26N4S/c1-11-6-9-19(10-7-11)15(16-4)17-8-5-14-12(2)18-13(3)20-14/h11H,5-10H2,1-4H3,(H,16,17). The normalized spacial score (nSPS) is 17.6. The Kier molecular flexibility index (Phi) is 5.40. The molecule has 0 radical (unpaired) electrons. The van der Waals surface area contributed by atoms with E-state index in [1.54, 1.807) is 11.3 Å². The molecule has 0 saturated carbocycles. The molecule has 0 aromatic carbocycles. The van der Waals surface area contributed by atoms with Crippen LogP contribution in [0.25, 0.3) is 0 Å². The van der Waals surface area contributed by atoms with Crippen LogP contribution in [0.5, 0.6) is 0 Å². The molecule has 20 heavy (non-hydrogen) atoms. The molecule has 1 aromatic rings. The molecule has 1 aliphatic heterocycles. The van der Waals surface area contributed by atoms with Crippen molar-refractivity contribution in [2.45, 2.75) is 40.0 Å². The second-order valence-corrected chi connectivity index (χ2v) is 6.92. The predicted molar refractivity (Wildman–Crippen MR) is 86.6 cm³/mol. The summed E-state index contributed by atoms with van der Waals surface area (Å²) in [6, 6.07) is 0. The maximum Gasteiger partial charge on any atom is 0.193 e. The third-order valence-electron chi connectivity index (χ3n) is 3.93. The van der Waals surface area contributed by atoms with Crippen LogP contribution in [0.15, 0.2) is 4.99 Å². The summed E-state index contributed by atoms with van der Waals surface area (Å²) in [5, 5.41) is 4.65. The topological polar surface area (TPSA) is 40.5 Å². The molecule has 0 bridgehead atoms. The first kappa shape index (κ1) is 15.3. The Balaban J connectivity index is 1.81. The molecule has 0 unspecified atom stereocenters.